The molecule has 0 aromatic heterocycles. The van der Waals surface area contributed by atoms with E-state index in [4.69, 9.17) is 10.5 Å². The zero-order valence-electron chi connectivity index (χ0n) is 12.2. The molecule has 1 unspecified atom stereocenters. The summed E-state index contributed by atoms with van der Waals surface area (Å²) in [6, 6.07) is 0.131. The summed E-state index contributed by atoms with van der Waals surface area (Å²) in [7, 11) is 0. The molecule has 0 radical (unpaired) electrons. The van der Waals surface area contributed by atoms with Crippen LogP contribution < -0.4 is 5.73 Å². The molecule has 0 aliphatic carbocycles. The Morgan fingerprint density at radius 2 is 2.00 bits per heavy atom. The molecule has 0 bridgehead atoms. The Morgan fingerprint density at radius 3 is 2.58 bits per heavy atom. The van der Waals surface area contributed by atoms with Gasteiger partial charge in [-0.25, -0.2) is 0 Å². The van der Waals surface area contributed by atoms with E-state index in [1.165, 1.54) is 0 Å². The molecule has 1 amide bonds. The molecule has 1 atom stereocenters. The van der Waals surface area contributed by atoms with Gasteiger partial charge in [-0.1, -0.05) is 0 Å². The largest absolute Gasteiger partial charge is 0.378 e. The Morgan fingerprint density at radius 1 is 1.32 bits per heavy atom. The van der Waals surface area contributed by atoms with Crippen LogP contribution in [0.15, 0.2) is 0 Å². The number of ether oxygens (including phenoxy) is 1. The van der Waals surface area contributed by atoms with E-state index in [1.807, 2.05) is 4.90 Å². The lowest BCUT2D eigenvalue weighted by atomic mass is 9.98. The van der Waals surface area contributed by atoms with Crippen molar-refractivity contribution in [1.29, 1.82) is 0 Å². The molecule has 19 heavy (non-hydrogen) atoms. The summed E-state index contributed by atoms with van der Waals surface area (Å²) in [5.74, 6) is 0.259. The third-order valence-corrected chi connectivity index (χ3v) is 4.29. The van der Waals surface area contributed by atoms with Crippen LogP contribution in [-0.4, -0.2) is 66.7 Å². The molecule has 2 N–H and O–H groups in total. The fraction of sp³-hybridized carbons (Fsp3) is 0.929. The van der Waals surface area contributed by atoms with Crippen LogP contribution in [0.2, 0.25) is 0 Å². The maximum Gasteiger partial charge on any atom is 0.224 e. The molecule has 2 aliphatic rings. The molecule has 2 saturated heterocycles. The van der Waals surface area contributed by atoms with E-state index in [0.29, 0.717) is 19.6 Å². The SMILES string of the molecule is CC1(C)COCCN1C(CN)CC(=O)N1CCCC1. The van der Waals surface area contributed by atoms with Gasteiger partial charge in [0.2, 0.25) is 5.91 Å². The fourth-order valence-corrected chi connectivity index (χ4v) is 3.17. The topological polar surface area (TPSA) is 58.8 Å². The third kappa shape index (κ3) is 3.46. The smallest absolute Gasteiger partial charge is 0.224 e. The predicted octanol–water partition coefficient (Wildman–Crippen LogP) is 0.437. The number of nitrogens with two attached hydrogens (primary N) is 1. The van der Waals surface area contributed by atoms with Crippen molar-refractivity contribution in [2.75, 3.05) is 39.4 Å². The van der Waals surface area contributed by atoms with Crippen LogP contribution in [0.25, 0.3) is 0 Å². The molecule has 0 saturated carbocycles. The van der Waals surface area contributed by atoms with Gasteiger partial charge in [-0.15, -0.1) is 0 Å². The van der Waals surface area contributed by atoms with Crippen molar-refractivity contribution in [2.45, 2.75) is 44.7 Å². The van der Waals surface area contributed by atoms with Gasteiger partial charge in [0, 0.05) is 44.2 Å². The van der Waals surface area contributed by atoms with Crippen molar-refractivity contribution in [3.8, 4) is 0 Å². The number of carbonyl (C=O) groups excluding carboxylic acids is 1. The van der Waals surface area contributed by atoms with E-state index in [0.717, 1.165) is 39.1 Å². The second-order valence-corrected chi connectivity index (χ2v) is 6.24. The summed E-state index contributed by atoms with van der Waals surface area (Å²) in [4.78, 5) is 16.6. The second kappa shape index (κ2) is 6.20. The quantitative estimate of drug-likeness (QED) is 0.804. The monoisotopic (exact) mass is 269 g/mol. The average molecular weight is 269 g/mol. The van der Waals surface area contributed by atoms with Crippen LogP contribution in [0.5, 0.6) is 0 Å². The number of amides is 1. The second-order valence-electron chi connectivity index (χ2n) is 6.24. The van der Waals surface area contributed by atoms with E-state index in [2.05, 4.69) is 18.7 Å². The molecule has 0 spiro atoms. The molecule has 2 aliphatic heterocycles. The Kier molecular flexibility index (Phi) is 4.81. The van der Waals surface area contributed by atoms with Crippen LogP contribution >= 0.6 is 0 Å². The van der Waals surface area contributed by atoms with Gasteiger partial charge >= 0.3 is 0 Å². The number of morpholine rings is 1. The highest BCUT2D eigenvalue weighted by atomic mass is 16.5. The van der Waals surface area contributed by atoms with Crippen LogP contribution in [-0.2, 0) is 9.53 Å². The number of rotatable bonds is 4. The molecule has 5 nitrogen and oxygen atoms in total. The Labute approximate surface area is 116 Å². The van der Waals surface area contributed by atoms with Gasteiger partial charge in [-0.2, -0.15) is 0 Å². The molecule has 5 heteroatoms. The van der Waals surface area contributed by atoms with Crippen molar-refractivity contribution in [3.05, 3.63) is 0 Å². The van der Waals surface area contributed by atoms with Crippen molar-refractivity contribution < 1.29 is 9.53 Å². The van der Waals surface area contributed by atoms with E-state index in [9.17, 15) is 4.79 Å². The van der Waals surface area contributed by atoms with Crippen molar-refractivity contribution in [1.82, 2.24) is 9.80 Å². The highest BCUT2D eigenvalue weighted by Gasteiger charge is 2.36. The van der Waals surface area contributed by atoms with Gasteiger partial charge in [-0.3, -0.25) is 9.69 Å². The lowest BCUT2D eigenvalue weighted by Gasteiger charge is -2.46. The number of carbonyl (C=O) groups is 1. The Bertz CT molecular complexity index is 314. The zero-order valence-corrected chi connectivity index (χ0v) is 12.2. The van der Waals surface area contributed by atoms with Crippen LogP contribution in [0.3, 0.4) is 0 Å². The van der Waals surface area contributed by atoms with Crippen molar-refractivity contribution in [3.63, 3.8) is 0 Å². The minimum Gasteiger partial charge on any atom is -0.378 e. The van der Waals surface area contributed by atoms with Crippen molar-refractivity contribution in [2.24, 2.45) is 5.73 Å². The van der Waals surface area contributed by atoms with E-state index < -0.39 is 0 Å². The summed E-state index contributed by atoms with van der Waals surface area (Å²) >= 11 is 0. The van der Waals surface area contributed by atoms with E-state index in [-0.39, 0.29) is 17.5 Å². The van der Waals surface area contributed by atoms with Crippen LogP contribution in [0.4, 0.5) is 0 Å². The first-order valence-corrected chi connectivity index (χ1v) is 7.37. The molecule has 2 rings (SSSR count). The molecule has 2 fully saturated rings. The van der Waals surface area contributed by atoms with Crippen LogP contribution in [0, 0.1) is 0 Å². The van der Waals surface area contributed by atoms with Gasteiger partial charge in [0.05, 0.1) is 13.2 Å². The molecule has 2 heterocycles. The molecule has 0 aromatic rings. The van der Waals surface area contributed by atoms with Gasteiger partial charge in [0.15, 0.2) is 0 Å². The minimum absolute atomic E-state index is 0.0342. The molecule has 110 valence electrons. The Balaban J connectivity index is 1.96. The lowest BCUT2D eigenvalue weighted by Crippen LogP contribution is -2.59. The number of nitrogens with zero attached hydrogens (tertiary/aromatic N) is 2. The lowest BCUT2D eigenvalue weighted by molar-refractivity contribution is -0.133. The Hall–Kier alpha value is -0.650. The summed E-state index contributed by atoms with van der Waals surface area (Å²) in [5.41, 5.74) is 5.88. The highest BCUT2D eigenvalue weighted by Crippen LogP contribution is 2.23. The average Bonchev–Trinajstić information content (AvgIpc) is 2.89. The maximum absolute atomic E-state index is 12.3. The minimum atomic E-state index is -0.0342. The summed E-state index contributed by atoms with van der Waals surface area (Å²) in [6.45, 7) is 9.00. The van der Waals surface area contributed by atoms with Crippen molar-refractivity contribution >= 4 is 5.91 Å². The number of hydrogen-bond acceptors (Lipinski definition) is 4. The summed E-state index contributed by atoms with van der Waals surface area (Å²) in [6.07, 6.45) is 2.82. The first-order chi connectivity index (χ1) is 9.04. The zero-order chi connectivity index (χ0) is 13.9. The fourth-order valence-electron chi connectivity index (χ4n) is 3.17. The maximum atomic E-state index is 12.3. The molecular weight excluding hydrogens is 242 g/mol. The van der Waals surface area contributed by atoms with Gasteiger partial charge in [0.25, 0.3) is 0 Å². The highest BCUT2D eigenvalue weighted by molar-refractivity contribution is 5.77. The standard InChI is InChI=1S/C14H27N3O2/c1-14(2)11-19-8-7-17(14)12(10-15)9-13(18)16-5-3-4-6-16/h12H,3-11,15H2,1-2H3. The first-order valence-electron chi connectivity index (χ1n) is 7.37. The summed E-state index contributed by atoms with van der Waals surface area (Å²) < 4.78 is 5.54. The molecular formula is C14H27N3O2. The van der Waals surface area contributed by atoms with Gasteiger partial charge in [0.1, 0.15) is 0 Å². The number of hydrogen-bond donors (Lipinski definition) is 1. The first kappa shape index (κ1) is 14.8. The van der Waals surface area contributed by atoms with Gasteiger partial charge < -0.3 is 15.4 Å². The normalized spacial score (nSPS) is 25.5. The predicted molar refractivity (Wildman–Crippen MR) is 74.9 cm³/mol. The summed E-state index contributed by atoms with van der Waals surface area (Å²) in [5, 5.41) is 0. The van der Waals surface area contributed by atoms with E-state index in [1.54, 1.807) is 0 Å². The third-order valence-electron chi connectivity index (χ3n) is 4.29. The number of likely N-dealkylation sites (tertiary alicyclic amines) is 1. The van der Waals surface area contributed by atoms with Crippen LogP contribution in [0.1, 0.15) is 33.1 Å². The van der Waals surface area contributed by atoms with E-state index >= 15 is 0 Å². The van der Waals surface area contributed by atoms with Gasteiger partial charge in [-0.05, 0) is 26.7 Å². The molecule has 0 aromatic carbocycles.